The number of hydrogen-bond donors (Lipinski definition) is 6. The predicted molar refractivity (Wildman–Crippen MR) is 135 cm³/mol. The number of hydrogen-bond acceptors (Lipinski definition) is 7. The molecule has 3 aromatic rings. The summed E-state index contributed by atoms with van der Waals surface area (Å²) in [7, 11) is 0. The summed E-state index contributed by atoms with van der Waals surface area (Å²) >= 11 is 0. The van der Waals surface area contributed by atoms with Gasteiger partial charge in [-0.1, -0.05) is 12.1 Å². The Bertz CT molecular complexity index is 1340. The van der Waals surface area contributed by atoms with E-state index in [1.807, 2.05) is 18.2 Å². The van der Waals surface area contributed by atoms with Crippen LogP contribution in [0.2, 0.25) is 0 Å². The van der Waals surface area contributed by atoms with Crippen LogP contribution in [0.1, 0.15) is 27.9 Å². The zero-order valence-corrected chi connectivity index (χ0v) is 21.2. The van der Waals surface area contributed by atoms with E-state index >= 15 is 0 Å². The largest absolute Gasteiger partial charge is 0.508 e. The SMILES string of the molecule is N=C(N)c1ccc(O)c(CCCNC(=O)c2ccc(-c3ccnnc3)cc2)c1.O=C(O)C(F)(F)F.O=C(O)C(F)(F)F. The first-order valence-corrected chi connectivity index (χ1v) is 11.3. The lowest BCUT2D eigenvalue weighted by atomic mass is 10.0. The molecule has 0 aliphatic rings. The van der Waals surface area contributed by atoms with Crippen LogP contribution < -0.4 is 11.1 Å². The Kier molecular flexibility index (Phi) is 12.9. The zero-order chi connectivity index (χ0) is 32.1. The Morgan fingerprint density at radius 3 is 1.81 bits per heavy atom. The molecule has 1 heterocycles. The van der Waals surface area contributed by atoms with E-state index in [1.165, 1.54) is 6.07 Å². The molecule has 0 atom stereocenters. The number of carboxylic acid groups (broad SMARTS) is 2. The molecule has 0 aliphatic carbocycles. The highest BCUT2D eigenvalue weighted by molar-refractivity contribution is 5.95. The normalized spacial score (nSPS) is 10.7. The number of phenols is 1. The number of halogens is 6. The monoisotopic (exact) mass is 603 g/mol. The highest BCUT2D eigenvalue weighted by Crippen LogP contribution is 2.20. The number of nitrogens with one attached hydrogen (secondary N) is 2. The van der Waals surface area contributed by atoms with Crippen molar-refractivity contribution in [1.29, 1.82) is 5.41 Å². The summed E-state index contributed by atoms with van der Waals surface area (Å²) in [6, 6.07) is 14.0. The van der Waals surface area contributed by atoms with E-state index in [0.29, 0.717) is 36.1 Å². The van der Waals surface area contributed by atoms with Gasteiger partial charge in [-0.25, -0.2) is 9.59 Å². The van der Waals surface area contributed by atoms with Crippen molar-refractivity contribution in [1.82, 2.24) is 15.5 Å². The van der Waals surface area contributed by atoms with Crippen LogP contribution in [0.15, 0.2) is 60.9 Å². The first kappa shape index (κ1) is 34.8. The van der Waals surface area contributed by atoms with Gasteiger partial charge < -0.3 is 26.4 Å². The number of alkyl halides is 6. The second kappa shape index (κ2) is 15.5. The van der Waals surface area contributed by atoms with Gasteiger partial charge in [0.2, 0.25) is 0 Å². The summed E-state index contributed by atoms with van der Waals surface area (Å²) in [6.07, 6.45) is -5.64. The minimum absolute atomic E-state index is 0.0412. The molecule has 11 nitrogen and oxygen atoms in total. The fraction of sp³-hybridized carbons (Fsp3) is 0.200. The lowest BCUT2D eigenvalue weighted by Crippen LogP contribution is -2.24. The number of nitrogens with zero attached hydrogens (tertiary/aromatic N) is 2. The zero-order valence-electron chi connectivity index (χ0n) is 21.2. The van der Waals surface area contributed by atoms with Crippen molar-refractivity contribution in [3.63, 3.8) is 0 Å². The van der Waals surface area contributed by atoms with Crippen molar-refractivity contribution >= 4 is 23.7 Å². The molecule has 0 aliphatic heterocycles. The topological polar surface area (TPSA) is 200 Å². The lowest BCUT2D eigenvalue weighted by Gasteiger charge is -2.09. The number of phenolic OH excluding ortho intramolecular Hbond substituents is 1. The number of amides is 1. The molecule has 0 unspecified atom stereocenters. The van der Waals surface area contributed by atoms with E-state index in [4.69, 9.17) is 30.9 Å². The van der Waals surface area contributed by atoms with Crippen LogP contribution >= 0.6 is 0 Å². The Morgan fingerprint density at radius 1 is 0.833 bits per heavy atom. The molecule has 0 fully saturated rings. The molecule has 1 aromatic heterocycles. The van der Waals surface area contributed by atoms with Crippen molar-refractivity contribution in [2.75, 3.05) is 6.54 Å². The number of aromatic nitrogens is 2. The number of aromatic hydroxyl groups is 1. The minimum Gasteiger partial charge on any atom is -0.508 e. The molecule has 226 valence electrons. The number of amidine groups is 1. The van der Waals surface area contributed by atoms with Crippen molar-refractivity contribution in [3.05, 3.63) is 77.6 Å². The molecule has 0 saturated carbocycles. The molecule has 2 aromatic carbocycles. The number of nitrogens with two attached hydrogens (primary N) is 1. The van der Waals surface area contributed by atoms with Crippen LogP contribution in [-0.4, -0.2) is 68.1 Å². The molecule has 1 amide bonds. The fourth-order valence-corrected chi connectivity index (χ4v) is 2.81. The summed E-state index contributed by atoms with van der Waals surface area (Å²) in [5, 5.41) is 42.1. The number of carbonyl (C=O) groups excluding carboxylic acids is 1. The second-order valence-electron chi connectivity index (χ2n) is 7.93. The van der Waals surface area contributed by atoms with Gasteiger partial charge in [-0.15, -0.1) is 0 Å². The third-order valence-corrected chi connectivity index (χ3v) is 4.85. The third-order valence-electron chi connectivity index (χ3n) is 4.85. The van der Waals surface area contributed by atoms with E-state index in [0.717, 1.165) is 11.1 Å². The van der Waals surface area contributed by atoms with Crippen LogP contribution in [0.5, 0.6) is 5.75 Å². The van der Waals surface area contributed by atoms with Crippen molar-refractivity contribution in [2.45, 2.75) is 25.2 Å². The number of rotatable bonds is 7. The Morgan fingerprint density at radius 2 is 1.36 bits per heavy atom. The smallest absolute Gasteiger partial charge is 0.490 e. The Labute approximate surface area is 233 Å². The maximum atomic E-state index is 12.3. The number of aliphatic carboxylic acids is 2. The predicted octanol–water partition coefficient (Wildman–Crippen LogP) is 3.76. The van der Waals surface area contributed by atoms with Gasteiger partial charge in [0.1, 0.15) is 11.6 Å². The molecule has 42 heavy (non-hydrogen) atoms. The van der Waals surface area contributed by atoms with E-state index in [9.17, 15) is 36.2 Å². The number of benzene rings is 2. The molecular formula is C25H23F6N5O6. The Balaban J connectivity index is 0.000000522. The van der Waals surface area contributed by atoms with Gasteiger partial charge >= 0.3 is 24.3 Å². The number of aryl methyl sites for hydroxylation is 1. The summed E-state index contributed by atoms with van der Waals surface area (Å²) < 4.78 is 63.5. The van der Waals surface area contributed by atoms with E-state index in [-0.39, 0.29) is 17.5 Å². The van der Waals surface area contributed by atoms with Gasteiger partial charge in [-0.05, 0) is 60.4 Å². The minimum atomic E-state index is -5.08. The van der Waals surface area contributed by atoms with Crippen molar-refractivity contribution in [2.24, 2.45) is 5.73 Å². The Hall–Kier alpha value is -5.22. The maximum absolute atomic E-state index is 12.3. The summed E-state index contributed by atoms with van der Waals surface area (Å²) in [6.45, 7) is 0.471. The molecule has 17 heteroatoms. The highest BCUT2D eigenvalue weighted by atomic mass is 19.4. The fourth-order valence-electron chi connectivity index (χ4n) is 2.81. The van der Waals surface area contributed by atoms with Crippen LogP contribution in [0.3, 0.4) is 0 Å². The van der Waals surface area contributed by atoms with Crippen molar-refractivity contribution in [3.8, 4) is 16.9 Å². The average molecular weight is 603 g/mol. The summed E-state index contributed by atoms with van der Waals surface area (Å²) in [5.74, 6) is -5.54. The first-order chi connectivity index (χ1) is 19.4. The van der Waals surface area contributed by atoms with Crippen LogP contribution in [0.4, 0.5) is 26.3 Å². The molecule has 0 saturated heterocycles. The molecular weight excluding hydrogens is 580 g/mol. The molecule has 0 radical (unpaired) electrons. The van der Waals surface area contributed by atoms with Gasteiger partial charge in [-0.2, -0.15) is 36.5 Å². The molecule has 0 bridgehead atoms. The van der Waals surface area contributed by atoms with Crippen LogP contribution in [0.25, 0.3) is 11.1 Å². The highest BCUT2D eigenvalue weighted by Gasteiger charge is 2.38. The molecule has 7 N–H and O–H groups in total. The quantitative estimate of drug-likeness (QED) is 0.101. The van der Waals surface area contributed by atoms with Gasteiger partial charge in [0.15, 0.2) is 0 Å². The second-order valence-corrected chi connectivity index (χ2v) is 7.93. The number of carboxylic acids is 2. The van der Waals surface area contributed by atoms with Crippen LogP contribution in [0, 0.1) is 5.41 Å². The first-order valence-electron chi connectivity index (χ1n) is 11.3. The van der Waals surface area contributed by atoms with Gasteiger partial charge in [0.05, 0.1) is 12.4 Å². The number of nitrogen functional groups attached to an aromatic ring is 1. The van der Waals surface area contributed by atoms with Crippen LogP contribution in [-0.2, 0) is 16.0 Å². The molecule has 3 rings (SSSR count). The summed E-state index contributed by atoms with van der Waals surface area (Å²) in [5.41, 5.74) is 9.23. The van der Waals surface area contributed by atoms with Gasteiger partial charge in [0.25, 0.3) is 5.91 Å². The van der Waals surface area contributed by atoms with Gasteiger partial charge in [-0.3, -0.25) is 10.2 Å². The summed E-state index contributed by atoms with van der Waals surface area (Å²) in [4.78, 5) is 30.1. The standard InChI is InChI=1S/C21H21N5O2.2C2HF3O2/c22-20(23)17-7-8-19(27)16(12-17)2-1-10-24-21(28)15-5-3-14(4-6-15)18-9-11-25-26-13-18;2*3-2(4,5)1(6)7/h3-9,11-13,27H,1-2,10H2,(H3,22,23)(H,24,28);2*(H,6,7). The van der Waals surface area contributed by atoms with E-state index in [1.54, 1.807) is 36.7 Å². The van der Waals surface area contributed by atoms with E-state index in [2.05, 4.69) is 15.5 Å². The lowest BCUT2D eigenvalue weighted by molar-refractivity contribution is -0.193. The number of carbonyl (C=O) groups is 3. The maximum Gasteiger partial charge on any atom is 0.490 e. The van der Waals surface area contributed by atoms with E-state index < -0.39 is 24.3 Å². The van der Waals surface area contributed by atoms with Gasteiger partial charge in [0, 0.05) is 23.2 Å². The van der Waals surface area contributed by atoms with Crippen molar-refractivity contribution < 1.29 is 56.0 Å². The average Bonchev–Trinajstić information content (AvgIpc) is 2.92. The third kappa shape index (κ3) is 12.3. The molecule has 0 spiro atoms.